The fraction of sp³-hybridized carbons (Fsp3) is 0.350. The third kappa shape index (κ3) is 3.54. The van der Waals surface area contributed by atoms with Crippen molar-refractivity contribution in [3.8, 4) is 11.1 Å². The van der Waals surface area contributed by atoms with Crippen LogP contribution in [0, 0.1) is 6.92 Å². The summed E-state index contributed by atoms with van der Waals surface area (Å²) in [5.41, 5.74) is 5.81. The number of nitrogens with zero attached hydrogens (tertiary/aromatic N) is 2. The molecule has 0 fully saturated rings. The van der Waals surface area contributed by atoms with Gasteiger partial charge in [0.15, 0.2) is 0 Å². The van der Waals surface area contributed by atoms with E-state index in [0.717, 1.165) is 52.9 Å². The lowest BCUT2D eigenvalue weighted by Gasteiger charge is -2.15. The number of H-pyrrole nitrogens is 1. The summed E-state index contributed by atoms with van der Waals surface area (Å²) in [6.07, 6.45) is 4.81. The van der Waals surface area contributed by atoms with E-state index in [1.807, 2.05) is 23.6 Å². The van der Waals surface area contributed by atoms with Gasteiger partial charge in [-0.2, -0.15) is 5.10 Å². The van der Waals surface area contributed by atoms with Crippen molar-refractivity contribution in [3.05, 3.63) is 57.8 Å². The quantitative estimate of drug-likeness (QED) is 0.638. The van der Waals surface area contributed by atoms with Crippen molar-refractivity contribution < 1.29 is 9.90 Å². The maximum atomic E-state index is 11.8. The van der Waals surface area contributed by atoms with Gasteiger partial charge in [0.2, 0.25) is 5.56 Å². The molecule has 0 amide bonds. The average molecular weight is 353 g/mol. The fourth-order valence-electron chi connectivity index (χ4n) is 3.40. The van der Waals surface area contributed by atoms with Crippen LogP contribution < -0.4 is 5.56 Å². The molecule has 0 radical (unpaired) electrons. The van der Waals surface area contributed by atoms with Crippen molar-refractivity contribution in [3.63, 3.8) is 0 Å². The zero-order chi connectivity index (χ0) is 18.7. The predicted octanol–water partition coefficient (Wildman–Crippen LogP) is 3.36. The van der Waals surface area contributed by atoms with Gasteiger partial charge in [-0.15, -0.1) is 0 Å². The Labute approximate surface area is 151 Å². The lowest BCUT2D eigenvalue weighted by molar-refractivity contribution is -0.137. The van der Waals surface area contributed by atoms with E-state index < -0.39 is 5.97 Å². The molecular formula is C20H23N3O3. The first kappa shape index (κ1) is 17.9. The summed E-state index contributed by atoms with van der Waals surface area (Å²) in [5.74, 6) is -0.774. The van der Waals surface area contributed by atoms with E-state index in [1.54, 1.807) is 12.3 Å². The first-order chi connectivity index (χ1) is 12.5. The molecule has 2 N–H and O–H groups in total. The highest BCUT2D eigenvalue weighted by Gasteiger charge is 2.17. The summed E-state index contributed by atoms with van der Waals surface area (Å²) in [7, 11) is 0. The summed E-state index contributed by atoms with van der Waals surface area (Å²) in [6, 6.07) is 7.61. The van der Waals surface area contributed by atoms with Gasteiger partial charge in [-0.05, 0) is 61.9 Å². The number of fused-ring (bicyclic) bond motifs is 1. The SMILES string of the molecule is CCc1ccc2c(-c3cc[nH]c(=O)c3)c(CCCCC(=O)O)c(C)nn12. The van der Waals surface area contributed by atoms with Crippen molar-refractivity contribution in [1.82, 2.24) is 14.6 Å². The van der Waals surface area contributed by atoms with Gasteiger partial charge in [0, 0.05) is 29.9 Å². The van der Waals surface area contributed by atoms with Crippen LogP contribution in [0.4, 0.5) is 0 Å². The molecule has 26 heavy (non-hydrogen) atoms. The van der Waals surface area contributed by atoms with Gasteiger partial charge in [-0.1, -0.05) is 6.92 Å². The normalized spacial score (nSPS) is 11.2. The van der Waals surface area contributed by atoms with Gasteiger partial charge < -0.3 is 10.1 Å². The molecule has 3 heterocycles. The van der Waals surface area contributed by atoms with Crippen molar-refractivity contribution in [2.75, 3.05) is 0 Å². The molecule has 3 aromatic rings. The predicted molar refractivity (Wildman–Crippen MR) is 101 cm³/mol. The van der Waals surface area contributed by atoms with Gasteiger partial charge in [0.1, 0.15) is 0 Å². The number of hydrogen-bond acceptors (Lipinski definition) is 3. The summed E-state index contributed by atoms with van der Waals surface area (Å²) in [4.78, 5) is 25.3. The monoisotopic (exact) mass is 353 g/mol. The molecule has 0 aromatic carbocycles. The molecule has 0 saturated heterocycles. The lowest BCUT2D eigenvalue weighted by Crippen LogP contribution is -2.08. The van der Waals surface area contributed by atoms with Crippen molar-refractivity contribution >= 4 is 11.5 Å². The van der Waals surface area contributed by atoms with Crippen LogP contribution in [0.25, 0.3) is 16.6 Å². The largest absolute Gasteiger partial charge is 0.481 e. The molecule has 0 aliphatic heterocycles. The van der Waals surface area contributed by atoms with Crippen LogP contribution >= 0.6 is 0 Å². The first-order valence-corrected chi connectivity index (χ1v) is 8.92. The molecule has 6 heteroatoms. The minimum atomic E-state index is -0.774. The van der Waals surface area contributed by atoms with Crippen molar-refractivity contribution in [1.29, 1.82) is 0 Å². The van der Waals surface area contributed by atoms with Crippen LogP contribution in [-0.4, -0.2) is 25.7 Å². The van der Waals surface area contributed by atoms with Gasteiger partial charge in [-0.25, -0.2) is 4.52 Å². The van der Waals surface area contributed by atoms with Crippen LogP contribution in [-0.2, 0) is 17.6 Å². The number of aryl methyl sites for hydroxylation is 2. The molecular weight excluding hydrogens is 330 g/mol. The topological polar surface area (TPSA) is 87.5 Å². The summed E-state index contributed by atoms with van der Waals surface area (Å²) < 4.78 is 1.95. The van der Waals surface area contributed by atoms with Gasteiger partial charge in [0.05, 0.1) is 11.2 Å². The number of pyridine rings is 1. The van der Waals surface area contributed by atoms with Crippen LogP contribution in [0.5, 0.6) is 0 Å². The minimum Gasteiger partial charge on any atom is -0.481 e. The molecule has 3 rings (SSSR count). The Morgan fingerprint density at radius 2 is 2.08 bits per heavy atom. The number of nitrogens with one attached hydrogen (secondary N) is 1. The number of carboxylic acids is 1. The van der Waals surface area contributed by atoms with Crippen LogP contribution in [0.15, 0.2) is 35.3 Å². The molecule has 136 valence electrons. The van der Waals surface area contributed by atoms with E-state index in [-0.39, 0.29) is 12.0 Å². The molecule has 0 unspecified atom stereocenters. The van der Waals surface area contributed by atoms with E-state index in [9.17, 15) is 9.59 Å². The minimum absolute atomic E-state index is 0.144. The molecule has 6 nitrogen and oxygen atoms in total. The van der Waals surface area contributed by atoms with Crippen LogP contribution in [0.1, 0.15) is 43.1 Å². The molecule has 0 aliphatic carbocycles. The van der Waals surface area contributed by atoms with Crippen molar-refractivity contribution in [2.45, 2.75) is 46.0 Å². The van der Waals surface area contributed by atoms with E-state index in [2.05, 4.69) is 18.0 Å². The highest BCUT2D eigenvalue weighted by atomic mass is 16.4. The van der Waals surface area contributed by atoms with Gasteiger partial charge in [0.25, 0.3) is 0 Å². The van der Waals surface area contributed by atoms with E-state index >= 15 is 0 Å². The zero-order valence-corrected chi connectivity index (χ0v) is 15.1. The second-order valence-electron chi connectivity index (χ2n) is 6.46. The molecule has 0 saturated carbocycles. The van der Waals surface area contributed by atoms with Crippen LogP contribution in [0.2, 0.25) is 0 Å². The standard InChI is InChI=1S/C20H23N3O3/c1-3-15-8-9-17-20(14-10-11-21-18(24)12-14)16(13(2)22-23(15)17)6-4-5-7-19(25)26/h8-12H,3-7H2,1-2H3,(H,21,24)(H,25,26). The van der Waals surface area contributed by atoms with E-state index in [1.165, 1.54) is 0 Å². The number of hydrogen-bond donors (Lipinski definition) is 2. The summed E-state index contributed by atoms with van der Waals surface area (Å²) in [6.45, 7) is 4.06. The van der Waals surface area contributed by atoms with Crippen molar-refractivity contribution in [2.24, 2.45) is 0 Å². The smallest absolute Gasteiger partial charge is 0.303 e. The number of rotatable bonds is 7. The molecule has 0 atom stereocenters. The van der Waals surface area contributed by atoms with E-state index in [4.69, 9.17) is 10.2 Å². The Morgan fingerprint density at radius 3 is 2.77 bits per heavy atom. The summed E-state index contributed by atoms with van der Waals surface area (Å²) >= 11 is 0. The lowest BCUT2D eigenvalue weighted by atomic mass is 9.95. The Morgan fingerprint density at radius 1 is 1.27 bits per heavy atom. The van der Waals surface area contributed by atoms with Gasteiger partial charge >= 0.3 is 5.97 Å². The molecule has 0 spiro atoms. The second kappa shape index (κ2) is 7.56. The van der Waals surface area contributed by atoms with E-state index in [0.29, 0.717) is 6.42 Å². The highest BCUT2D eigenvalue weighted by molar-refractivity contribution is 5.83. The molecule has 3 aromatic heterocycles. The third-order valence-corrected chi connectivity index (χ3v) is 4.67. The number of carbonyl (C=O) groups is 1. The maximum Gasteiger partial charge on any atom is 0.303 e. The Kier molecular flexibility index (Phi) is 5.21. The Bertz CT molecular complexity index is 1000. The Balaban J connectivity index is 2.12. The maximum absolute atomic E-state index is 11.8. The van der Waals surface area contributed by atoms with Gasteiger partial charge in [-0.3, -0.25) is 9.59 Å². The number of carboxylic acid groups (broad SMARTS) is 1. The second-order valence-corrected chi connectivity index (χ2v) is 6.46. The first-order valence-electron chi connectivity index (χ1n) is 8.92. The fourth-order valence-corrected chi connectivity index (χ4v) is 3.40. The summed E-state index contributed by atoms with van der Waals surface area (Å²) in [5, 5.41) is 13.6. The number of aliphatic carboxylic acids is 1. The van der Waals surface area contributed by atoms with Crippen LogP contribution in [0.3, 0.4) is 0 Å². The number of unbranched alkanes of at least 4 members (excludes halogenated alkanes) is 1. The third-order valence-electron chi connectivity index (χ3n) is 4.67. The average Bonchev–Trinajstić information content (AvgIpc) is 3.00. The number of aromatic nitrogens is 3. The Hall–Kier alpha value is -2.89. The molecule has 0 bridgehead atoms. The zero-order valence-electron chi connectivity index (χ0n) is 15.1. The highest BCUT2D eigenvalue weighted by Crippen LogP contribution is 2.31. The number of aromatic amines is 1. The molecule has 0 aliphatic rings.